The minimum absolute atomic E-state index is 0. The van der Waals surface area contributed by atoms with Crippen molar-refractivity contribution in [3.05, 3.63) is 23.9 Å². The van der Waals surface area contributed by atoms with Crippen LogP contribution in [0.2, 0.25) is 0 Å². The minimum atomic E-state index is 0. The molecule has 5 nitrogen and oxygen atoms in total. The van der Waals surface area contributed by atoms with Gasteiger partial charge in [-0.25, -0.2) is 9.98 Å². The van der Waals surface area contributed by atoms with Crippen LogP contribution in [-0.4, -0.2) is 36.6 Å². The van der Waals surface area contributed by atoms with E-state index in [4.69, 9.17) is 0 Å². The highest BCUT2D eigenvalue weighted by molar-refractivity contribution is 14.0. The van der Waals surface area contributed by atoms with Crippen LogP contribution in [0.15, 0.2) is 23.3 Å². The summed E-state index contributed by atoms with van der Waals surface area (Å²) in [5, 5.41) is 6.79. The van der Waals surface area contributed by atoms with E-state index in [-0.39, 0.29) is 24.0 Å². The van der Waals surface area contributed by atoms with E-state index in [0.717, 1.165) is 42.9 Å². The fourth-order valence-electron chi connectivity index (χ4n) is 2.83. The summed E-state index contributed by atoms with van der Waals surface area (Å²) in [6, 6.07) is 4.86. The van der Waals surface area contributed by atoms with Gasteiger partial charge in [-0.15, -0.1) is 24.0 Å². The second-order valence-corrected chi connectivity index (χ2v) is 6.38. The van der Waals surface area contributed by atoms with Crippen molar-refractivity contribution in [3.63, 3.8) is 0 Å². The van der Waals surface area contributed by atoms with E-state index in [0.29, 0.717) is 12.6 Å². The summed E-state index contributed by atoms with van der Waals surface area (Å²) in [6.45, 7) is 8.20. The Morgan fingerprint density at radius 3 is 2.65 bits per heavy atom. The van der Waals surface area contributed by atoms with Crippen molar-refractivity contribution < 1.29 is 0 Å². The van der Waals surface area contributed by atoms with Crippen molar-refractivity contribution in [1.82, 2.24) is 15.6 Å². The lowest BCUT2D eigenvalue weighted by molar-refractivity contribution is 0.766. The predicted molar refractivity (Wildman–Crippen MR) is 107 cm³/mol. The molecule has 0 radical (unpaired) electrons. The molecular weight excluding hydrogens is 401 g/mol. The lowest BCUT2D eigenvalue weighted by Gasteiger charge is -2.16. The quantitative estimate of drug-likeness (QED) is 0.430. The van der Waals surface area contributed by atoms with Crippen molar-refractivity contribution in [1.29, 1.82) is 0 Å². The first-order valence-electron chi connectivity index (χ1n) is 8.51. The summed E-state index contributed by atoms with van der Waals surface area (Å²) in [5.41, 5.74) is 1.16. The molecule has 2 unspecified atom stereocenters. The van der Waals surface area contributed by atoms with E-state index in [2.05, 4.69) is 51.5 Å². The van der Waals surface area contributed by atoms with Crippen LogP contribution < -0.4 is 15.5 Å². The maximum Gasteiger partial charge on any atom is 0.191 e. The summed E-state index contributed by atoms with van der Waals surface area (Å²) in [6.07, 6.45) is 5.77. The van der Waals surface area contributed by atoms with E-state index in [1.54, 1.807) is 0 Å². The lowest BCUT2D eigenvalue weighted by atomic mass is 10.3. The Hall–Kier alpha value is -1.05. The zero-order valence-corrected chi connectivity index (χ0v) is 16.4. The first-order valence-corrected chi connectivity index (χ1v) is 8.51. The van der Waals surface area contributed by atoms with Crippen LogP contribution in [0.1, 0.15) is 38.7 Å². The molecule has 128 valence electrons. The van der Waals surface area contributed by atoms with Gasteiger partial charge in [0.25, 0.3) is 0 Å². The van der Waals surface area contributed by atoms with Crippen LogP contribution in [0.5, 0.6) is 0 Å². The molecule has 2 aliphatic rings. The maximum atomic E-state index is 4.67. The van der Waals surface area contributed by atoms with Crippen LogP contribution in [0, 0.1) is 5.92 Å². The molecule has 1 aliphatic carbocycles. The second-order valence-electron chi connectivity index (χ2n) is 6.38. The number of nitrogens with zero attached hydrogens (tertiary/aromatic N) is 3. The van der Waals surface area contributed by atoms with Gasteiger partial charge in [0.05, 0.1) is 6.54 Å². The summed E-state index contributed by atoms with van der Waals surface area (Å²) >= 11 is 0. The molecule has 3 rings (SSSR count). The predicted octanol–water partition coefficient (Wildman–Crippen LogP) is 2.76. The maximum absolute atomic E-state index is 4.67. The average Bonchev–Trinajstić information content (AvgIpc) is 3.02. The molecule has 23 heavy (non-hydrogen) atoms. The molecule has 2 fully saturated rings. The first-order chi connectivity index (χ1) is 10.8. The number of hydrogen-bond donors (Lipinski definition) is 2. The van der Waals surface area contributed by atoms with Gasteiger partial charge >= 0.3 is 0 Å². The van der Waals surface area contributed by atoms with Gasteiger partial charge < -0.3 is 15.5 Å². The highest BCUT2D eigenvalue weighted by Gasteiger charge is 2.33. The zero-order chi connectivity index (χ0) is 15.4. The number of anilines is 1. The molecule has 2 atom stereocenters. The monoisotopic (exact) mass is 429 g/mol. The van der Waals surface area contributed by atoms with E-state index >= 15 is 0 Å². The lowest BCUT2D eigenvalue weighted by Crippen LogP contribution is -2.39. The smallest absolute Gasteiger partial charge is 0.191 e. The molecule has 0 bridgehead atoms. The molecule has 1 aromatic heterocycles. The van der Waals surface area contributed by atoms with Crippen LogP contribution in [0.3, 0.4) is 0 Å². The summed E-state index contributed by atoms with van der Waals surface area (Å²) in [7, 11) is 0. The summed E-state index contributed by atoms with van der Waals surface area (Å²) < 4.78 is 0. The van der Waals surface area contributed by atoms with Gasteiger partial charge in [0.15, 0.2) is 5.96 Å². The molecular formula is C17H28IN5. The van der Waals surface area contributed by atoms with Crippen molar-refractivity contribution in [2.75, 3.05) is 24.5 Å². The molecule has 1 aliphatic heterocycles. The normalized spacial score (nSPS) is 23.4. The highest BCUT2D eigenvalue weighted by Crippen LogP contribution is 2.28. The first kappa shape index (κ1) is 18.3. The number of halogens is 1. The third-order valence-corrected chi connectivity index (χ3v) is 4.43. The number of hydrogen-bond acceptors (Lipinski definition) is 3. The standard InChI is InChI=1S/C17H27N5.HI/c1-3-18-17(21-15-10-13(15)2)20-12-14-6-7-16(19-11-14)22-8-4-5-9-22;/h6-7,11,13,15H,3-5,8-10,12H2,1-2H3,(H2,18,20,21);1H. The van der Waals surface area contributed by atoms with E-state index in [1.165, 1.54) is 19.3 Å². The Labute approximate surface area is 156 Å². The Bertz CT molecular complexity index is 510. The van der Waals surface area contributed by atoms with Crippen molar-refractivity contribution >= 4 is 35.8 Å². The fraction of sp³-hybridized carbons (Fsp3) is 0.647. The molecule has 1 saturated heterocycles. The van der Waals surface area contributed by atoms with E-state index < -0.39 is 0 Å². The second kappa shape index (κ2) is 8.70. The molecule has 0 aromatic carbocycles. The number of pyridine rings is 1. The van der Waals surface area contributed by atoms with E-state index in [1.807, 2.05) is 6.20 Å². The number of nitrogens with one attached hydrogen (secondary N) is 2. The van der Waals surface area contributed by atoms with Crippen molar-refractivity contribution in [2.45, 2.75) is 45.7 Å². The number of aliphatic imine (C=N–C) groups is 1. The third-order valence-electron chi connectivity index (χ3n) is 4.43. The van der Waals surface area contributed by atoms with Gasteiger partial charge in [-0.3, -0.25) is 0 Å². The van der Waals surface area contributed by atoms with Gasteiger partial charge in [0.1, 0.15) is 5.82 Å². The molecule has 2 N–H and O–H groups in total. The average molecular weight is 429 g/mol. The molecule has 6 heteroatoms. The molecule has 2 heterocycles. The topological polar surface area (TPSA) is 52.6 Å². The van der Waals surface area contributed by atoms with E-state index in [9.17, 15) is 0 Å². The van der Waals surface area contributed by atoms with Gasteiger partial charge in [-0.2, -0.15) is 0 Å². The SMILES string of the molecule is CCNC(=NCc1ccc(N2CCCC2)nc1)NC1CC1C.I. The third kappa shape index (κ3) is 5.22. The summed E-state index contributed by atoms with van der Waals surface area (Å²) in [4.78, 5) is 11.6. The van der Waals surface area contributed by atoms with Crippen LogP contribution in [0.4, 0.5) is 5.82 Å². The largest absolute Gasteiger partial charge is 0.357 e. The van der Waals surface area contributed by atoms with Crippen molar-refractivity contribution in [2.24, 2.45) is 10.9 Å². The zero-order valence-electron chi connectivity index (χ0n) is 14.1. The van der Waals surface area contributed by atoms with Gasteiger partial charge in [0.2, 0.25) is 0 Å². The number of rotatable bonds is 5. The Kier molecular flexibility index (Phi) is 6.92. The summed E-state index contributed by atoms with van der Waals surface area (Å²) in [5.74, 6) is 2.79. The van der Waals surface area contributed by atoms with Gasteiger partial charge in [0, 0.05) is 31.9 Å². The fourth-order valence-corrected chi connectivity index (χ4v) is 2.83. The highest BCUT2D eigenvalue weighted by atomic mass is 127. The number of aromatic nitrogens is 1. The molecule has 0 spiro atoms. The van der Waals surface area contributed by atoms with Crippen LogP contribution in [0.25, 0.3) is 0 Å². The minimum Gasteiger partial charge on any atom is -0.357 e. The Balaban J connectivity index is 0.00000192. The molecule has 1 aromatic rings. The van der Waals surface area contributed by atoms with Crippen LogP contribution >= 0.6 is 24.0 Å². The Morgan fingerprint density at radius 2 is 2.09 bits per heavy atom. The Morgan fingerprint density at radius 1 is 1.35 bits per heavy atom. The molecule has 0 amide bonds. The molecule has 1 saturated carbocycles. The van der Waals surface area contributed by atoms with Gasteiger partial charge in [-0.05, 0) is 43.7 Å². The van der Waals surface area contributed by atoms with Gasteiger partial charge in [-0.1, -0.05) is 13.0 Å². The van der Waals surface area contributed by atoms with Crippen LogP contribution in [-0.2, 0) is 6.54 Å². The van der Waals surface area contributed by atoms with Crippen molar-refractivity contribution in [3.8, 4) is 0 Å². The number of guanidine groups is 1.